The van der Waals surface area contributed by atoms with Crippen molar-refractivity contribution in [1.29, 1.82) is 0 Å². The Kier molecular flexibility index (Phi) is 7.53. The molecule has 0 unspecified atom stereocenters. The molecule has 1 aliphatic heterocycles. The number of ether oxygens (including phenoxy) is 2. The van der Waals surface area contributed by atoms with Gasteiger partial charge in [0, 0.05) is 12.0 Å². The average Bonchev–Trinajstić information content (AvgIpc) is 2.73. The van der Waals surface area contributed by atoms with E-state index in [1.807, 2.05) is 29.2 Å². The number of hydrogen-bond donors (Lipinski definition) is 1. The first-order valence-electron chi connectivity index (χ1n) is 10.5. The summed E-state index contributed by atoms with van der Waals surface area (Å²) in [6, 6.07) is 16.3. The summed E-state index contributed by atoms with van der Waals surface area (Å²) in [4.78, 5) is 15.8. The Morgan fingerprint density at radius 1 is 1.03 bits per heavy atom. The molecule has 0 radical (unpaired) electrons. The fourth-order valence-electron chi connectivity index (χ4n) is 3.70. The topological polar surface area (TPSA) is 43.2 Å². The molecule has 156 valence electrons. The standard InChI is InChI=1S/C24H32N2O3/c1-19(2)15-24(27)26-13-11-25(12-14-26)17-21-9-10-22(28-3)23(16-21)29-18-20-7-5-4-6-8-20/h4-10,16,19H,11-15,17-18H2,1-3H3/p+1. The van der Waals surface area contributed by atoms with Crippen molar-refractivity contribution in [2.75, 3.05) is 33.3 Å². The number of carbonyl (C=O) groups excluding carboxylic acids is 1. The molecule has 5 heteroatoms. The number of carbonyl (C=O) groups is 1. The number of nitrogens with zero attached hydrogens (tertiary/aromatic N) is 1. The molecule has 1 heterocycles. The lowest BCUT2D eigenvalue weighted by Gasteiger charge is -2.32. The van der Waals surface area contributed by atoms with Gasteiger partial charge in [0.2, 0.25) is 5.91 Å². The zero-order valence-corrected chi connectivity index (χ0v) is 17.8. The minimum atomic E-state index is 0.292. The summed E-state index contributed by atoms with van der Waals surface area (Å²) in [5, 5.41) is 0. The van der Waals surface area contributed by atoms with Gasteiger partial charge in [0.15, 0.2) is 11.5 Å². The molecule has 1 saturated heterocycles. The highest BCUT2D eigenvalue weighted by atomic mass is 16.5. The van der Waals surface area contributed by atoms with Crippen LogP contribution in [0.15, 0.2) is 48.5 Å². The van der Waals surface area contributed by atoms with Gasteiger partial charge >= 0.3 is 0 Å². The van der Waals surface area contributed by atoms with Crippen LogP contribution in [-0.4, -0.2) is 44.1 Å². The summed E-state index contributed by atoms with van der Waals surface area (Å²) in [5.74, 6) is 2.24. The lowest BCUT2D eigenvalue weighted by Crippen LogP contribution is -3.13. The van der Waals surface area contributed by atoms with E-state index in [2.05, 4.69) is 38.1 Å². The largest absolute Gasteiger partial charge is 0.493 e. The van der Waals surface area contributed by atoms with Gasteiger partial charge in [-0.05, 0) is 29.7 Å². The van der Waals surface area contributed by atoms with E-state index in [0.717, 1.165) is 49.8 Å². The van der Waals surface area contributed by atoms with Crippen molar-refractivity contribution >= 4 is 5.91 Å². The first-order valence-corrected chi connectivity index (χ1v) is 10.5. The lowest BCUT2D eigenvalue weighted by atomic mass is 10.1. The van der Waals surface area contributed by atoms with Gasteiger partial charge in [0.1, 0.15) is 13.2 Å². The predicted octanol–water partition coefficient (Wildman–Crippen LogP) is 2.55. The van der Waals surface area contributed by atoms with Gasteiger partial charge < -0.3 is 19.3 Å². The van der Waals surface area contributed by atoms with Crippen LogP contribution >= 0.6 is 0 Å². The molecule has 0 aromatic heterocycles. The van der Waals surface area contributed by atoms with Gasteiger partial charge in [0.05, 0.1) is 33.3 Å². The van der Waals surface area contributed by atoms with E-state index in [0.29, 0.717) is 24.9 Å². The lowest BCUT2D eigenvalue weighted by molar-refractivity contribution is -0.917. The third-order valence-electron chi connectivity index (χ3n) is 5.33. The van der Waals surface area contributed by atoms with Crippen LogP contribution in [-0.2, 0) is 17.9 Å². The number of nitrogens with one attached hydrogen (secondary N) is 1. The molecule has 2 aromatic carbocycles. The third-order valence-corrected chi connectivity index (χ3v) is 5.33. The summed E-state index contributed by atoms with van der Waals surface area (Å²) >= 11 is 0. The molecule has 0 atom stereocenters. The normalized spacial score (nSPS) is 14.8. The monoisotopic (exact) mass is 397 g/mol. The molecule has 29 heavy (non-hydrogen) atoms. The third kappa shape index (κ3) is 6.23. The number of quaternary nitrogens is 1. The smallest absolute Gasteiger partial charge is 0.223 e. The Bertz CT molecular complexity index is 784. The SMILES string of the molecule is COc1ccc(C[NH+]2CCN(C(=O)CC(C)C)CC2)cc1OCc1ccccc1. The van der Waals surface area contributed by atoms with Crippen LogP contribution < -0.4 is 14.4 Å². The maximum absolute atomic E-state index is 12.3. The summed E-state index contributed by atoms with van der Waals surface area (Å²) in [7, 11) is 1.67. The van der Waals surface area contributed by atoms with E-state index < -0.39 is 0 Å². The Morgan fingerprint density at radius 2 is 1.76 bits per heavy atom. The molecule has 1 aliphatic rings. The maximum Gasteiger partial charge on any atom is 0.223 e. The molecule has 3 rings (SSSR count). The van der Waals surface area contributed by atoms with Crippen LogP contribution in [0.3, 0.4) is 0 Å². The van der Waals surface area contributed by atoms with Crippen LogP contribution in [0.4, 0.5) is 0 Å². The van der Waals surface area contributed by atoms with Gasteiger partial charge in [-0.25, -0.2) is 0 Å². The van der Waals surface area contributed by atoms with E-state index >= 15 is 0 Å². The predicted molar refractivity (Wildman–Crippen MR) is 114 cm³/mol. The quantitative estimate of drug-likeness (QED) is 0.745. The molecule has 0 saturated carbocycles. The number of piperazine rings is 1. The van der Waals surface area contributed by atoms with Crippen molar-refractivity contribution < 1.29 is 19.2 Å². The second-order valence-corrected chi connectivity index (χ2v) is 8.17. The first-order chi connectivity index (χ1) is 14.0. The molecule has 1 N–H and O–H groups in total. The Morgan fingerprint density at radius 3 is 2.41 bits per heavy atom. The molecule has 1 fully saturated rings. The second kappa shape index (κ2) is 10.3. The minimum absolute atomic E-state index is 0.292. The van der Waals surface area contributed by atoms with E-state index in [-0.39, 0.29) is 0 Å². The maximum atomic E-state index is 12.3. The summed E-state index contributed by atoms with van der Waals surface area (Å²) in [5.41, 5.74) is 2.36. The van der Waals surface area contributed by atoms with Crippen LogP contribution in [0.25, 0.3) is 0 Å². The van der Waals surface area contributed by atoms with Crippen LogP contribution in [0.2, 0.25) is 0 Å². The summed E-state index contributed by atoms with van der Waals surface area (Å²) < 4.78 is 11.5. The molecule has 1 amide bonds. The van der Waals surface area contributed by atoms with Crippen molar-refractivity contribution in [3.8, 4) is 11.5 Å². The van der Waals surface area contributed by atoms with Crippen LogP contribution in [0, 0.1) is 5.92 Å². The first kappa shape index (κ1) is 21.2. The number of benzene rings is 2. The zero-order valence-electron chi connectivity index (χ0n) is 17.8. The Balaban J connectivity index is 1.56. The molecule has 2 aromatic rings. The highest BCUT2D eigenvalue weighted by Crippen LogP contribution is 2.28. The van der Waals surface area contributed by atoms with Gasteiger partial charge in [-0.3, -0.25) is 4.79 Å². The molecule has 0 spiro atoms. The van der Waals surface area contributed by atoms with Gasteiger partial charge in [-0.15, -0.1) is 0 Å². The fourth-order valence-corrected chi connectivity index (χ4v) is 3.70. The van der Waals surface area contributed by atoms with Crippen molar-refractivity contribution in [2.24, 2.45) is 5.92 Å². The molecule has 0 bridgehead atoms. The van der Waals surface area contributed by atoms with Crippen molar-refractivity contribution in [1.82, 2.24) is 4.90 Å². The minimum Gasteiger partial charge on any atom is -0.493 e. The van der Waals surface area contributed by atoms with Crippen molar-refractivity contribution in [3.63, 3.8) is 0 Å². The molecular formula is C24H33N2O3+. The van der Waals surface area contributed by atoms with Gasteiger partial charge in [-0.1, -0.05) is 44.2 Å². The average molecular weight is 398 g/mol. The Hall–Kier alpha value is -2.53. The summed E-state index contributed by atoms with van der Waals surface area (Å²) in [6.45, 7) is 9.29. The number of hydrogen-bond acceptors (Lipinski definition) is 3. The Labute approximate surface area is 174 Å². The van der Waals surface area contributed by atoms with E-state index in [1.54, 1.807) is 7.11 Å². The van der Waals surface area contributed by atoms with Crippen LogP contribution in [0.5, 0.6) is 11.5 Å². The number of amides is 1. The number of methoxy groups -OCH3 is 1. The molecular weight excluding hydrogens is 364 g/mol. The highest BCUT2D eigenvalue weighted by Gasteiger charge is 2.24. The fraction of sp³-hybridized carbons (Fsp3) is 0.458. The van der Waals surface area contributed by atoms with Gasteiger partial charge in [0.25, 0.3) is 0 Å². The van der Waals surface area contributed by atoms with Crippen LogP contribution in [0.1, 0.15) is 31.4 Å². The van der Waals surface area contributed by atoms with Crippen molar-refractivity contribution in [2.45, 2.75) is 33.4 Å². The number of rotatable bonds is 8. The molecule has 0 aliphatic carbocycles. The van der Waals surface area contributed by atoms with E-state index in [9.17, 15) is 4.79 Å². The molecule has 5 nitrogen and oxygen atoms in total. The van der Waals surface area contributed by atoms with Gasteiger partial charge in [-0.2, -0.15) is 0 Å². The highest BCUT2D eigenvalue weighted by molar-refractivity contribution is 5.76. The van der Waals surface area contributed by atoms with Crippen molar-refractivity contribution in [3.05, 3.63) is 59.7 Å². The zero-order chi connectivity index (χ0) is 20.6. The van der Waals surface area contributed by atoms with E-state index in [1.165, 1.54) is 10.5 Å². The second-order valence-electron chi connectivity index (χ2n) is 8.17. The summed E-state index contributed by atoms with van der Waals surface area (Å²) in [6.07, 6.45) is 0.649. The van der Waals surface area contributed by atoms with E-state index in [4.69, 9.17) is 9.47 Å².